The van der Waals surface area contributed by atoms with Crippen molar-refractivity contribution in [2.24, 2.45) is 10.2 Å². The number of benzene rings is 3. The Kier molecular flexibility index (Phi) is 6.69. The van der Waals surface area contributed by atoms with Gasteiger partial charge in [-0.15, -0.1) is 10.2 Å². The number of aromatic nitrogens is 2. The third-order valence-corrected chi connectivity index (χ3v) is 6.54. The van der Waals surface area contributed by atoms with Crippen LogP contribution in [0.5, 0.6) is 11.5 Å². The normalized spacial score (nSPS) is 11.5. The Hall–Kier alpha value is -4.38. The number of anilines is 2. The highest BCUT2D eigenvalue weighted by molar-refractivity contribution is 7.92. The van der Waals surface area contributed by atoms with Crippen LogP contribution in [0.15, 0.2) is 87.9 Å². The number of nitrogen functional groups attached to an aromatic ring is 1. The van der Waals surface area contributed by atoms with E-state index in [1.807, 2.05) is 30.3 Å². The number of aryl methyl sites for hydroxylation is 1. The average Bonchev–Trinajstić information content (AvgIpc) is 3.16. The number of methoxy groups -OCH3 is 2. The maximum absolute atomic E-state index is 13.2. The van der Waals surface area contributed by atoms with Crippen molar-refractivity contribution < 1.29 is 17.9 Å². The predicted octanol–water partition coefficient (Wildman–Crippen LogP) is 5.00. The monoisotopic (exact) mass is 492 g/mol. The second-order valence-corrected chi connectivity index (χ2v) is 9.06. The van der Waals surface area contributed by atoms with Crippen LogP contribution in [0.4, 0.5) is 22.9 Å². The fourth-order valence-corrected chi connectivity index (χ4v) is 4.60. The van der Waals surface area contributed by atoms with Gasteiger partial charge in [-0.1, -0.05) is 30.3 Å². The van der Waals surface area contributed by atoms with Crippen LogP contribution in [-0.2, 0) is 10.0 Å². The lowest BCUT2D eigenvalue weighted by atomic mass is 10.3. The molecule has 4 rings (SSSR count). The van der Waals surface area contributed by atoms with Crippen molar-refractivity contribution in [3.8, 4) is 17.2 Å². The lowest BCUT2D eigenvalue weighted by Gasteiger charge is -2.12. The van der Waals surface area contributed by atoms with E-state index in [9.17, 15) is 8.42 Å². The molecule has 3 aromatic carbocycles. The van der Waals surface area contributed by atoms with Gasteiger partial charge in [0.25, 0.3) is 10.0 Å². The molecule has 0 atom stereocenters. The summed E-state index contributed by atoms with van der Waals surface area (Å²) < 4.78 is 40.9. The maximum Gasteiger partial charge on any atom is 0.264 e. The second-order valence-electron chi connectivity index (χ2n) is 7.41. The van der Waals surface area contributed by atoms with Crippen LogP contribution in [0, 0.1) is 6.92 Å². The fraction of sp³-hybridized carbons (Fsp3) is 0.125. The van der Waals surface area contributed by atoms with Crippen LogP contribution in [-0.4, -0.2) is 32.4 Å². The molecule has 0 aliphatic heterocycles. The standard InChI is InChI=1S/C24H24N6O4S/c1-16-23(24(25)30(28-16)18-9-5-4-6-10-18)27-26-19-11-7-8-12-22(19)35(31,32)29-17-13-14-20(33-2)21(15-17)34-3/h4-15,29H,25H2,1-3H3/b27-26+. The SMILES string of the molecule is COc1ccc(NS(=O)(=O)c2ccccc2/N=N/c2c(C)nn(-c3ccccc3)c2N)cc1OC. The first-order valence-corrected chi connectivity index (χ1v) is 12.0. The van der Waals surface area contributed by atoms with Crippen LogP contribution in [0.3, 0.4) is 0 Å². The van der Waals surface area contributed by atoms with Crippen LogP contribution >= 0.6 is 0 Å². The predicted molar refractivity (Wildman–Crippen MR) is 134 cm³/mol. The van der Waals surface area contributed by atoms with Gasteiger partial charge < -0.3 is 15.2 Å². The third-order valence-electron chi connectivity index (χ3n) is 5.11. The van der Waals surface area contributed by atoms with Gasteiger partial charge in [-0.2, -0.15) is 5.10 Å². The van der Waals surface area contributed by atoms with E-state index < -0.39 is 10.0 Å². The number of rotatable bonds is 8. The summed E-state index contributed by atoms with van der Waals surface area (Å²) in [7, 11) is -1.03. The zero-order chi connectivity index (χ0) is 25.0. The second kappa shape index (κ2) is 9.85. The van der Waals surface area contributed by atoms with Crippen molar-refractivity contribution in [3.05, 3.63) is 78.5 Å². The van der Waals surface area contributed by atoms with Crippen molar-refractivity contribution >= 4 is 32.9 Å². The Bertz CT molecular complexity index is 1480. The van der Waals surface area contributed by atoms with E-state index >= 15 is 0 Å². The Morgan fingerprint density at radius 2 is 1.60 bits per heavy atom. The number of sulfonamides is 1. The molecule has 3 N–H and O–H groups in total. The Morgan fingerprint density at radius 3 is 2.31 bits per heavy atom. The van der Waals surface area contributed by atoms with Gasteiger partial charge in [0.05, 0.1) is 31.3 Å². The van der Waals surface area contributed by atoms with Crippen LogP contribution < -0.4 is 19.9 Å². The van der Waals surface area contributed by atoms with Crippen LogP contribution in [0.2, 0.25) is 0 Å². The first-order valence-electron chi connectivity index (χ1n) is 10.5. The zero-order valence-corrected chi connectivity index (χ0v) is 20.2. The Morgan fingerprint density at radius 1 is 0.914 bits per heavy atom. The van der Waals surface area contributed by atoms with Crippen LogP contribution in [0.1, 0.15) is 5.69 Å². The van der Waals surface area contributed by atoms with Crippen molar-refractivity contribution in [2.45, 2.75) is 11.8 Å². The molecule has 1 aromatic heterocycles. The third kappa shape index (κ3) is 4.94. The van der Waals surface area contributed by atoms with Gasteiger partial charge in [0.1, 0.15) is 10.6 Å². The fourth-order valence-electron chi connectivity index (χ4n) is 3.41. The molecule has 0 fully saturated rings. The minimum atomic E-state index is -4.00. The highest BCUT2D eigenvalue weighted by Crippen LogP contribution is 2.34. The summed E-state index contributed by atoms with van der Waals surface area (Å²) in [5, 5.41) is 12.9. The van der Waals surface area contributed by atoms with Gasteiger partial charge in [-0.3, -0.25) is 4.72 Å². The molecule has 0 spiro atoms. The van der Waals surface area contributed by atoms with E-state index in [1.165, 1.54) is 26.4 Å². The number of hydrogen-bond acceptors (Lipinski definition) is 8. The molecule has 0 saturated carbocycles. The number of ether oxygens (including phenoxy) is 2. The smallest absolute Gasteiger partial charge is 0.264 e. The van der Waals surface area contributed by atoms with Gasteiger partial charge in [0.15, 0.2) is 23.0 Å². The molecule has 0 aliphatic rings. The number of para-hydroxylation sites is 1. The molecule has 35 heavy (non-hydrogen) atoms. The van der Waals surface area contributed by atoms with Gasteiger partial charge in [0.2, 0.25) is 0 Å². The van der Waals surface area contributed by atoms with Gasteiger partial charge in [0, 0.05) is 6.07 Å². The van der Waals surface area contributed by atoms with Gasteiger partial charge >= 0.3 is 0 Å². The molecule has 11 heteroatoms. The lowest BCUT2D eigenvalue weighted by Crippen LogP contribution is -2.13. The summed E-state index contributed by atoms with van der Waals surface area (Å²) in [4.78, 5) is -0.0507. The molecule has 180 valence electrons. The Balaban J connectivity index is 1.66. The Labute approximate surface area is 203 Å². The first kappa shape index (κ1) is 23.8. The average molecular weight is 493 g/mol. The highest BCUT2D eigenvalue weighted by Gasteiger charge is 2.20. The molecular formula is C24H24N6O4S. The van der Waals surface area contributed by atoms with Crippen molar-refractivity contribution in [2.75, 3.05) is 24.7 Å². The van der Waals surface area contributed by atoms with E-state index in [0.29, 0.717) is 34.4 Å². The molecule has 0 radical (unpaired) electrons. The molecule has 1 heterocycles. The quantitative estimate of drug-likeness (QED) is 0.333. The molecule has 0 bridgehead atoms. The number of nitrogens with zero attached hydrogens (tertiary/aromatic N) is 4. The zero-order valence-electron chi connectivity index (χ0n) is 19.3. The van der Waals surface area contributed by atoms with Gasteiger partial charge in [-0.25, -0.2) is 13.1 Å². The van der Waals surface area contributed by atoms with E-state index in [1.54, 1.807) is 41.9 Å². The number of nitrogens with two attached hydrogens (primary N) is 1. The largest absolute Gasteiger partial charge is 0.493 e. The van der Waals surface area contributed by atoms with E-state index in [2.05, 4.69) is 20.0 Å². The highest BCUT2D eigenvalue weighted by atomic mass is 32.2. The topological polar surface area (TPSA) is 133 Å². The maximum atomic E-state index is 13.2. The first-order chi connectivity index (χ1) is 16.8. The number of nitrogens with one attached hydrogen (secondary N) is 1. The van der Waals surface area contributed by atoms with Crippen molar-refractivity contribution in [1.82, 2.24) is 9.78 Å². The van der Waals surface area contributed by atoms with E-state index in [-0.39, 0.29) is 10.6 Å². The minimum Gasteiger partial charge on any atom is -0.493 e. The van der Waals surface area contributed by atoms with Gasteiger partial charge in [-0.05, 0) is 43.3 Å². The summed E-state index contributed by atoms with van der Waals surface area (Å²) in [6.45, 7) is 1.76. The van der Waals surface area contributed by atoms with E-state index in [4.69, 9.17) is 15.2 Å². The molecular weight excluding hydrogens is 468 g/mol. The van der Waals surface area contributed by atoms with Crippen molar-refractivity contribution in [3.63, 3.8) is 0 Å². The molecule has 10 nitrogen and oxygen atoms in total. The summed E-state index contributed by atoms with van der Waals surface area (Å²) in [6, 6.07) is 20.4. The lowest BCUT2D eigenvalue weighted by molar-refractivity contribution is 0.355. The molecule has 0 amide bonds. The molecule has 0 unspecified atom stereocenters. The minimum absolute atomic E-state index is 0.0507. The van der Waals surface area contributed by atoms with E-state index in [0.717, 1.165) is 5.69 Å². The van der Waals surface area contributed by atoms with Crippen molar-refractivity contribution in [1.29, 1.82) is 0 Å². The number of azo groups is 1. The summed E-state index contributed by atoms with van der Waals surface area (Å²) in [5.74, 6) is 1.16. The molecule has 4 aromatic rings. The number of hydrogen-bond donors (Lipinski definition) is 2. The molecule has 0 saturated heterocycles. The summed E-state index contributed by atoms with van der Waals surface area (Å²) in [5.41, 5.74) is 8.41. The van der Waals surface area contributed by atoms with Crippen LogP contribution in [0.25, 0.3) is 5.69 Å². The summed E-state index contributed by atoms with van der Waals surface area (Å²) >= 11 is 0. The molecule has 0 aliphatic carbocycles. The summed E-state index contributed by atoms with van der Waals surface area (Å²) in [6.07, 6.45) is 0.